The van der Waals surface area contributed by atoms with Crippen LogP contribution in [-0.4, -0.2) is 6.54 Å². The van der Waals surface area contributed by atoms with E-state index in [1.165, 1.54) is 12.1 Å². The Morgan fingerprint density at radius 2 is 1.71 bits per heavy atom. The molecule has 0 amide bonds. The van der Waals surface area contributed by atoms with Crippen LogP contribution in [0.3, 0.4) is 0 Å². The van der Waals surface area contributed by atoms with E-state index in [0.29, 0.717) is 28.4 Å². The van der Waals surface area contributed by atoms with Crippen LogP contribution in [0.4, 0.5) is 13.2 Å². The predicted molar refractivity (Wildman–Crippen MR) is 79.8 cm³/mol. The maximum atomic E-state index is 13.2. The van der Waals surface area contributed by atoms with Gasteiger partial charge < -0.3 is 5.73 Å². The van der Waals surface area contributed by atoms with Crippen molar-refractivity contribution >= 4 is 23.4 Å². The molecule has 0 unspecified atom stereocenters. The fourth-order valence-electron chi connectivity index (χ4n) is 1.84. The first-order chi connectivity index (χ1) is 9.90. The van der Waals surface area contributed by atoms with Crippen molar-refractivity contribution < 1.29 is 13.2 Å². The van der Waals surface area contributed by atoms with Crippen molar-refractivity contribution in [2.75, 3.05) is 6.54 Å². The fourth-order valence-corrected chi connectivity index (χ4v) is 2.91. The molecule has 0 fully saturated rings. The topological polar surface area (TPSA) is 26.0 Å². The van der Waals surface area contributed by atoms with Gasteiger partial charge in [0, 0.05) is 14.8 Å². The molecule has 0 aromatic heterocycles. The Labute approximate surface area is 130 Å². The number of nitrogens with two attached hydrogens (primary N) is 1. The van der Waals surface area contributed by atoms with Crippen LogP contribution in [0, 0.1) is 0 Å². The summed E-state index contributed by atoms with van der Waals surface area (Å²) in [5.41, 5.74) is 5.35. The normalized spacial score (nSPS) is 11.7. The zero-order chi connectivity index (χ0) is 15.5. The summed E-state index contributed by atoms with van der Waals surface area (Å²) in [6, 6.07) is 11.0. The van der Waals surface area contributed by atoms with Crippen molar-refractivity contribution in [3.05, 3.63) is 58.6 Å². The van der Waals surface area contributed by atoms with E-state index in [1.807, 2.05) is 0 Å². The average molecular weight is 332 g/mol. The second kappa shape index (κ2) is 6.73. The molecule has 0 aliphatic carbocycles. The van der Waals surface area contributed by atoms with Gasteiger partial charge in [0.2, 0.25) is 0 Å². The van der Waals surface area contributed by atoms with Crippen LogP contribution in [0.15, 0.2) is 52.3 Å². The van der Waals surface area contributed by atoms with Gasteiger partial charge in [-0.05, 0) is 54.9 Å². The molecule has 0 atom stereocenters. The standard InChI is InChI=1S/C15H13ClF3NS/c16-11-2-4-12(5-3-11)21-14-6-1-10(7-8-20)9-13(14)15(17,18)19/h1-6,9H,7-8,20H2. The average Bonchev–Trinajstić information content (AvgIpc) is 2.42. The van der Waals surface area contributed by atoms with Crippen molar-refractivity contribution in [1.82, 2.24) is 0 Å². The molecule has 2 aromatic rings. The maximum absolute atomic E-state index is 13.2. The van der Waals surface area contributed by atoms with Gasteiger partial charge in [0.05, 0.1) is 5.56 Å². The quantitative estimate of drug-likeness (QED) is 0.852. The first-order valence-electron chi connectivity index (χ1n) is 6.24. The third-order valence-electron chi connectivity index (χ3n) is 2.82. The maximum Gasteiger partial charge on any atom is 0.417 e. The van der Waals surface area contributed by atoms with Crippen molar-refractivity contribution in [1.29, 1.82) is 0 Å². The lowest BCUT2D eigenvalue weighted by molar-refractivity contribution is -0.139. The third kappa shape index (κ3) is 4.40. The molecule has 0 heterocycles. The van der Waals surface area contributed by atoms with Crippen LogP contribution in [0.25, 0.3) is 0 Å². The second-order valence-electron chi connectivity index (χ2n) is 4.42. The highest BCUT2D eigenvalue weighted by molar-refractivity contribution is 7.99. The summed E-state index contributed by atoms with van der Waals surface area (Å²) in [4.78, 5) is 0.877. The minimum atomic E-state index is -4.39. The Morgan fingerprint density at radius 1 is 1.05 bits per heavy atom. The Bertz CT molecular complexity index is 611. The van der Waals surface area contributed by atoms with Crippen LogP contribution < -0.4 is 5.73 Å². The second-order valence-corrected chi connectivity index (χ2v) is 5.97. The smallest absolute Gasteiger partial charge is 0.330 e. The molecule has 1 nitrogen and oxygen atoms in total. The first kappa shape index (κ1) is 16.2. The van der Waals surface area contributed by atoms with E-state index in [0.717, 1.165) is 11.8 Å². The fraction of sp³-hybridized carbons (Fsp3) is 0.200. The lowest BCUT2D eigenvalue weighted by Crippen LogP contribution is -2.09. The third-order valence-corrected chi connectivity index (χ3v) is 4.16. The summed E-state index contributed by atoms with van der Waals surface area (Å²) < 4.78 is 39.5. The van der Waals surface area contributed by atoms with Gasteiger partial charge in [-0.3, -0.25) is 0 Å². The lowest BCUT2D eigenvalue weighted by Gasteiger charge is -2.14. The van der Waals surface area contributed by atoms with Crippen molar-refractivity contribution in [2.45, 2.75) is 22.4 Å². The van der Waals surface area contributed by atoms with Gasteiger partial charge in [-0.2, -0.15) is 13.2 Å². The zero-order valence-electron chi connectivity index (χ0n) is 11.0. The Kier molecular flexibility index (Phi) is 5.19. The van der Waals surface area contributed by atoms with Gasteiger partial charge >= 0.3 is 6.18 Å². The zero-order valence-corrected chi connectivity index (χ0v) is 12.5. The van der Waals surface area contributed by atoms with Gasteiger partial charge in [0.1, 0.15) is 0 Å². The molecule has 0 aliphatic heterocycles. The number of halogens is 4. The molecular weight excluding hydrogens is 319 g/mol. The van der Waals surface area contributed by atoms with Crippen LogP contribution in [0.2, 0.25) is 5.02 Å². The minimum Gasteiger partial charge on any atom is -0.330 e. The SMILES string of the molecule is NCCc1ccc(Sc2ccc(Cl)cc2)c(C(F)(F)F)c1. The van der Waals surface area contributed by atoms with Gasteiger partial charge in [-0.1, -0.05) is 29.4 Å². The molecule has 2 rings (SSSR count). The number of hydrogen-bond acceptors (Lipinski definition) is 2. The lowest BCUT2D eigenvalue weighted by atomic mass is 10.1. The molecular formula is C15H13ClF3NS. The van der Waals surface area contributed by atoms with Crippen molar-refractivity contribution in [3.8, 4) is 0 Å². The van der Waals surface area contributed by atoms with Crippen LogP contribution >= 0.6 is 23.4 Å². The summed E-state index contributed by atoms with van der Waals surface area (Å²) in [7, 11) is 0. The highest BCUT2D eigenvalue weighted by atomic mass is 35.5. The van der Waals surface area contributed by atoms with Gasteiger partial charge in [0.15, 0.2) is 0 Å². The van der Waals surface area contributed by atoms with E-state index in [-0.39, 0.29) is 4.90 Å². The molecule has 2 aromatic carbocycles. The molecule has 6 heteroatoms. The summed E-state index contributed by atoms with van der Waals surface area (Å²) in [5.74, 6) is 0. The first-order valence-corrected chi connectivity index (χ1v) is 7.43. The highest BCUT2D eigenvalue weighted by Crippen LogP contribution is 2.40. The summed E-state index contributed by atoms with van der Waals surface area (Å²) in [6.07, 6.45) is -3.96. The molecule has 2 N–H and O–H groups in total. The molecule has 0 spiro atoms. The number of hydrogen-bond donors (Lipinski definition) is 1. The van der Waals surface area contributed by atoms with Crippen molar-refractivity contribution in [3.63, 3.8) is 0 Å². The highest BCUT2D eigenvalue weighted by Gasteiger charge is 2.33. The largest absolute Gasteiger partial charge is 0.417 e. The van der Waals surface area contributed by atoms with Gasteiger partial charge in [-0.25, -0.2) is 0 Å². The van der Waals surface area contributed by atoms with Gasteiger partial charge in [0.25, 0.3) is 0 Å². The number of rotatable bonds is 4. The van der Waals surface area contributed by atoms with E-state index in [9.17, 15) is 13.2 Å². The Morgan fingerprint density at radius 3 is 2.29 bits per heavy atom. The molecule has 0 aliphatic rings. The summed E-state index contributed by atoms with van der Waals surface area (Å²) >= 11 is 6.84. The predicted octanol–water partition coefficient (Wildman–Crippen LogP) is 5.01. The van der Waals surface area contributed by atoms with Crippen LogP contribution in [0.1, 0.15) is 11.1 Å². The van der Waals surface area contributed by atoms with Crippen LogP contribution in [0.5, 0.6) is 0 Å². The summed E-state index contributed by atoms with van der Waals surface area (Å²) in [6.45, 7) is 0.320. The minimum absolute atomic E-state index is 0.172. The molecule has 21 heavy (non-hydrogen) atoms. The summed E-state index contributed by atoms with van der Waals surface area (Å²) in [5, 5.41) is 0.550. The van der Waals surface area contributed by atoms with E-state index >= 15 is 0 Å². The van der Waals surface area contributed by atoms with Crippen molar-refractivity contribution in [2.24, 2.45) is 5.73 Å². The number of alkyl halides is 3. The van der Waals surface area contributed by atoms with E-state index in [4.69, 9.17) is 17.3 Å². The Balaban J connectivity index is 2.35. The Hall–Kier alpha value is -1.17. The number of benzene rings is 2. The van der Waals surface area contributed by atoms with E-state index in [2.05, 4.69) is 0 Å². The van der Waals surface area contributed by atoms with E-state index < -0.39 is 11.7 Å². The molecule has 0 saturated carbocycles. The monoisotopic (exact) mass is 331 g/mol. The van der Waals surface area contributed by atoms with E-state index in [1.54, 1.807) is 30.3 Å². The van der Waals surface area contributed by atoms with Crippen LogP contribution in [-0.2, 0) is 12.6 Å². The molecule has 0 saturated heterocycles. The molecule has 112 valence electrons. The van der Waals surface area contributed by atoms with Gasteiger partial charge in [-0.15, -0.1) is 0 Å². The molecule has 0 radical (unpaired) electrons. The molecule has 0 bridgehead atoms.